The Balaban J connectivity index is 1.54. The standard InChI is InChI=1S/C23H20FN5O3S/c1-28(14-20(30)25-16-5-3-6-18(13-16)32-2)23(31)21-26-22(19-7-4-12-33-19)29(27-21)17-10-8-15(24)9-11-17/h3-13H,14H2,1-2H3,(H,25,30). The molecule has 1 N–H and O–H groups in total. The van der Waals surface area contributed by atoms with Gasteiger partial charge in [-0.2, -0.15) is 0 Å². The molecule has 4 aromatic rings. The van der Waals surface area contributed by atoms with Crippen molar-refractivity contribution in [3.8, 4) is 22.1 Å². The minimum Gasteiger partial charge on any atom is -0.497 e. The highest BCUT2D eigenvalue weighted by atomic mass is 32.1. The number of hydrogen-bond acceptors (Lipinski definition) is 6. The summed E-state index contributed by atoms with van der Waals surface area (Å²) in [5.74, 6) is -0.290. The van der Waals surface area contributed by atoms with Crippen LogP contribution in [0.4, 0.5) is 10.1 Å². The molecule has 2 amide bonds. The average Bonchev–Trinajstić information content (AvgIpc) is 3.49. The molecule has 2 heterocycles. The third-order valence-electron chi connectivity index (χ3n) is 4.69. The first-order valence-electron chi connectivity index (χ1n) is 9.91. The number of benzene rings is 2. The molecule has 0 aliphatic heterocycles. The lowest BCUT2D eigenvalue weighted by Crippen LogP contribution is -2.35. The first-order chi connectivity index (χ1) is 15.9. The molecular weight excluding hydrogens is 445 g/mol. The van der Waals surface area contributed by atoms with Gasteiger partial charge in [-0.25, -0.2) is 14.1 Å². The molecule has 0 bridgehead atoms. The molecule has 0 aliphatic rings. The lowest BCUT2D eigenvalue weighted by Gasteiger charge is -2.15. The fraction of sp³-hybridized carbons (Fsp3) is 0.130. The molecule has 0 unspecified atom stereocenters. The molecule has 0 atom stereocenters. The van der Waals surface area contributed by atoms with E-state index in [0.29, 0.717) is 22.9 Å². The topological polar surface area (TPSA) is 89.4 Å². The number of nitrogens with zero attached hydrogens (tertiary/aromatic N) is 4. The van der Waals surface area contributed by atoms with Crippen molar-refractivity contribution < 1.29 is 18.7 Å². The van der Waals surface area contributed by atoms with Crippen molar-refractivity contribution in [1.82, 2.24) is 19.7 Å². The molecule has 4 rings (SSSR count). The van der Waals surface area contributed by atoms with Gasteiger partial charge in [0.05, 0.1) is 24.2 Å². The molecule has 0 aliphatic carbocycles. The van der Waals surface area contributed by atoms with E-state index in [0.717, 1.165) is 4.88 Å². The second-order valence-corrected chi connectivity index (χ2v) is 8.01. The molecule has 8 nitrogen and oxygen atoms in total. The molecular formula is C23H20FN5O3S. The van der Waals surface area contributed by atoms with Crippen LogP contribution in [-0.2, 0) is 4.79 Å². The summed E-state index contributed by atoms with van der Waals surface area (Å²) in [5.41, 5.74) is 1.11. The smallest absolute Gasteiger partial charge is 0.293 e. The maximum Gasteiger partial charge on any atom is 0.293 e. The Morgan fingerprint density at radius 1 is 1.15 bits per heavy atom. The number of anilines is 1. The van der Waals surface area contributed by atoms with Crippen LogP contribution in [0.1, 0.15) is 10.6 Å². The van der Waals surface area contributed by atoms with E-state index in [2.05, 4.69) is 15.4 Å². The van der Waals surface area contributed by atoms with E-state index in [1.165, 1.54) is 47.2 Å². The summed E-state index contributed by atoms with van der Waals surface area (Å²) in [6.45, 7) is -0.199. The number of methoxy groups -OCH3 is 1. The zero-order valence-corrected chi connectivity index (χ0v) is 18.7. The van der Waals surface area contributed by atoms with Gasteiger partial charge >= 0.3 is 0 Å². The van der Waals surface area contributed by atoms with E-state index >= 15 is 0 Å². The number of amides is 2. The van der Waals surface area contributed by atoms with Crippen LogP contribution < -0.4 is 10.1 Å². The second-order valence-electron chi connectivity index (χ2n) is 7.07. The summed E-state index contributed by atoms with van der Waals surface area (Å²) >= 11 is 1.44. The van der Waals surface area contributed by atoms with Crippen LogP contribution in [0.15, 0.2) is 66.0 Å². The first kappa shape index (κ1) is 22.2. The van der Waals surface area contributed by atoms with Gasteiger partial charge in [0, 0.05) is 18.8 Å². The van der Waals surface area contributed by atoms with E-state index in [-0.39, 0.29) is 24.1 Å². The monoisotopic (exact) mass is 465 g/mol. The molecule has 0 spiro atoms. The van der Waals surface area contributed by atoms with Crippen LogP contribution in [0.2, 0.25) is 0 Å². The Labute approximate surface area is 193 Å². The van der Waals surface area contributed by atoms with Crippen LogP contribution in [0.5, 0.6) is 5.75 Å². The van der Waals surface area contributed by atoms with E-state index in [1.54, 1.807) is 36.4 Å². The molecule has 2 aromatic carbocycles. The van der Waals surface area contributed by atoms with Crippen molar-refractivity contribution in [1.29, 1.82) is 0 Å². The molecule has 168 valence electrons. The summed E-state index contributed by atoms with van der Waals surface area (Å²) in [6.07, 6.45) is 0. The molecule has 0 radical (unpaired) electrons. The van der Waals surface area contributed by atoms with Gasteiger partial charge in [-0.05, 0) is 47.8 Å². The van der Waals surface area contributed by atoms with Crippen molar-refractivity contribution >= 4 is 28.8 Å². The summed E-state index contributed by atoms with van der Waals surface area (Å²) in [4.78, 5) is 31.9. The summed E-state index contributed by atoms with van der Waals surface area (Å²) < 4.78 is 20.0. The lowest BCUT2D eigenvalue weighted by atomic mass is 10.3. The van der Waals surface area contributed by atoms with Gasteiger partial charge in [0.2, 0.25) is 11.7 Å². The van der Waals surface area contributed by atoms with Crippen LogP contribution in [-0.4, -0.2) is 52.2 Å². The number of hydrogen-bond donors (Lipinski definition) is 1. The van der Waals surface area contributed by atoms with Gasteiger partial charge in [-0.3, -0.25) is 9.59 Å². The van der Waals surface area contributed by atoms with Crippen LogP contribution in [0, 0.1) is 5.82 Å². The summed E-state index contributed by atoms with van der Waals surface area (Å²) in [6, 6.07) is 16.4. The normalized spacial score (nSPS) is 10.6. The Morgan fingerprint density at radius 3 is 2.64 bits per heavy atom. The Bertz CT molecular complexity index is 1270. The van der Waals surface area contributed by atoms with Crippen LogP contribution in [0.3, 0.4) is 0 Å². The quantitative estimate of drug-likeness (QED) is 0.448. The van der Waals surface area contributed by atoms with E-state index in [1.807, 2.05) is 17.5 Å². The zero-order chi connectivity index (χ0) is 23.4. The number of nitrogens with one attached hydrogen (secondary N) is 1. The molecule has 10 heteroatoms. The number of halogens is 1. The van der Waals surface area contributed by atoms with E-state index in [9.17, 15) is 14.0 Å². The fourth-order valence-corrected chi connectivity index (χ4v) is 3.79. The third-order valence-corrected chi connectivity index (χ3v) is 5.56. The van der Waals surface area contributed by atoms with Crippen LogP contribution >= 0.6 is 11.3 Å². The van der Waals surface area contributed by atoms with Crippen molar-refractivity contribution in [3.63, 3.8) is 0 Å². The third kappa shape index (κ3) is 5.07. The molecule has 0 saturated heterocycles. The minimum absolute atomic E-state index is 0.0700. The summed E-state index contributed by atoms with van der Waals surface area (Å²) in [7, 11) is 3.03. The highest BCUT2D eigenvalue weighted by Crippen LogP contribution is 2.26. The van der Waals surface area contributed by atoms with Crippen molar-refractivity contribution in [2.24, 2.45) is 0 Å². The van der Waals surface area contributed by atoms with Gasteiger partial charge < -0.3 is 15.0 Å². The molecule has 2 aromatic heterocycles. The van der Waals surface area contributed by atoms with Gasteiger partial charge in [-0.1, -0.05) is 12.1 Å². The molecule has 33 heavy (non-hydrogen) atoms. The number of carbonyl (C=O) groups excluding carboxylic acids is 2. The molecule has 0 fully saturated rings. The lowest BCUT2D eigenvalue weighted by molar-refractivity contribution is -0.116. The fourth-order valence-electron chi connectivity index (χ4n) is 3.09. The van der Waals surface area contributed by atoms with Crippen LogP contribution in [0.25, 0.3) is 16.4 Å². The minimum atomic E-state index is -0.519. The number of thiophene rings is 1. The van der Waals surface area contributed by atoms with Gasteiger partial charge in [0.25, 0.3) is 5.91 Å². The SMILES string of the molecule is COc1cccc(NC(=O)CN(C)C(=O)c2nc(-c3cccs3)n(-c3ccc(F)cc3)n2)c1. The largest absolute Gasteiger partial charge is 0.497 e. The first-order valence-corrected chi connectivity index (χ1v) is 10.8. The Hall–Kier alpha value is -4.05. The van der Waals surface area contributed by atoms with Crippen molar-refractivity contribution in [2.75, 3.05) is 26.0 Å². The van der Waals surface area contributed by atoms with Crippen molar-refractivity contribution in [2.45, 2.75) is 0 Å². The van der Waals surface area contributed by atoms with Gasteiger partial charge in [0.15, 0.2) is 5.82 Å². The Morgan fingerprint density at radius 2 is 1.94 bits per heavy atom. The Kier molecular flexibility index (Phi) is 6.45. The van der Waals surface area contributed by atoms with E-state index in [4.69, 9.17) is 4.74 Å². The maximum absolute atomic E-state index is 13.4. The van der Waals surface area contributed by atoms with E-state index < -0.39 is 5.91 Å². The number of carbonyl (C=O) groups is 2. The number of aromatic nitrogens is 3. The van der Waals surface area contributed by atoms with Crippen molar-refractivity contribution in [3.05, 3.63) is 77.7 Å². The number of rotatable bonds is 7. The predicted molar refractivity (Wildman–Crippen MR) is 123 cm³/mol. The van der Waals surface area contributed by atoms with Gasteiger partial charge in [-0.15, -0.1) is 16.4 Å². The highest BCUT2D eigenvalue weighted by molar-refractivity contribution is 7.13. The summed E-state index contributed by atoms with van der Waals surface area (Å²) in [5, 5.41) is 8.97. The maximum atomic E-state index is 13.4. The number of likely N-dealkylation sites (N-methyl/N-ethyl adjacent to an activating group) is 1. The molecule has 0 saturated carbocycles. The number of ether oxygens (including phenoxy) is 1. The van der Waals surface area contributed by atoms with Gasteiger partial charge in [0.1, 0.15) is 11.6 Å². The highest BCUT2D eigenvalue weighted by Gasteiger charge is 2.23. The predicted octanol–water partition coefficient (Wildman–Crippen LogP) is 3.85. The zero-order valence-electron chi connectivity index (χ0n) is 17.9. The second kappa shape index (κ2) is 9.61. The average molecular weight is 466 g/mol.